The van der Waals surface area contributed by atoms with Gasteiger partial charge in [0, 0.05) is 23.5 Å². The van der Waals surface area contributed by atoms with Crippen molar-refractivity contribution >= 4 is 17.2 Å². The Morgan fingerprint density at radius 2 is 2.08 bits per heavy atom. The molecule has 1 atom stereocenters. The van der Waals surface area contributed by atoms with Gasteiger partial charge in [0.25, 0.3) is 0 Å². The van der Waals surface area contributed by atoms with Gasteiger partial charge < -0.3 is 5.32 Å². The van der Waals surface area contributed by atoms with Crippen LogP contribution in [0.1, 0.15) is 22.6 Å². The SMILES string of the molecule is O=C(NCc1ccc(F)cc1)C1CCc2nc(-c3ccccn3)sc2C1. The van der Waals surface area contributed by atoms with Gasteiger partial charge in [-0.05, 0) is 49.1 Å². The molecular formula is C20H18FN3OS. The molecule has 1 aliphatic carbocycles. The first-order valence-electron chi connectivity index (χ1n) is 8.61. The minimum Gasteiger partial charge on any atom is -0.352 e. The number of hydrogen-bond acceptors (Lipinski definition) is 4. The van der Waals surface area contributed by atoms with E-state index in [-0.39, 0.29) is 17.6 Å². The zero-order valence-electron chi connectivity index (χ0n) is 14.1. The minimum absolute atomic E-state index is 0.0417. The number of benzene rings is 1. The Kier molecular flexibility index (Phi) is 4.75. The first kappa shape index (κ1) is 16.8. The van der Waals surface area contributed by atoms with Crippen LogP contribution in [-0.2, 0) is 24.2 Å². The van der Waals surface area contributed by atoms with Crippen LogP contribution in [0.15, 0.2) is 48.7 Å². The topological polar surface area (TPSA) is 54.9 Å². The summed E-state index contributed by atoms with van der Waals surface area (Å²) in [6.45, 7) is 0.421. The van der Waals surface area contributed by atoms with Gasteiger partial charge in [-0.1, -0.05) is 18.2 Å². The van der Waals surface area contributed by atoms with E-state index in [0.717, 1.165) is 41.2 Å². The summed E-state index contributed by atoms with van der Waals surface area (Å²) in [7, 11) is 0. The molecule has 0 saturated carbocycles. The number of thiazole rings is 1. The van der Waals surface area contributed by atoms with E-state index in [1.807, 2.05) is 18.2 Å². The van der Waals surface area contributed by atoms with Crippen molar-refractivity contribution in [3.8, 4) is 10.7 Å². The fraction of sp³-hybridized carbons (Fsp3) is 0.250. The molecule has 6 heteroatoms. The van der Waals surface area contributed by atoms with Gasteiger partial charge in [0.15, 0.2) is 0 Å². The molecule has 1 aliphatic rings. The number of pyridine rings is 1. The van der Waals surface area contributed by atoms with E-state index in [4.69, 9.17) is 4.98 Å². The molecule has 1 N–H and O–H groups in total. The van der Waals surface area contributed by atoms with E-state index in [2.05, 4.69) is 10.3 Å². The molecule has 132 valence electrons. The van der Waals surface area contributed by atoms with E-state index in [1.165, 1.54) is 17.0 Å². The van der Waals surface area contributed by atoms with Gasteiger partial charge >= 0.3 is 0 Å². The number of nitrogens with zero attached hydrogens (tertiary/aromatic N) is 2. The first-order chi connectivity index (χ1) is 12.7. The van der Waals surface area contributed by atoms with Gasteiger partial charge in [-0.2, -0.15) is 0 Å². The Morgan fingerprint density at radius 1 is 1.23 bits per heavy atom. The van der Waals surface area contributed by atoms with Crippen molar-refractivity contribution in [3.05, 3.63) is 70.6 Å². The van der Waals surface area contributed by atoms with Crippen molar-refractivity contribution in [1.29, 1.82) is 0 Å². The van der Waals surface area contributed by atoms with E-state index >= 15 is 0 Å². The van der Waals surface area contributed by atoms with E-state index < -0.39 is 0 Å². The molecule has 1 aromatic carbocycles. The Morgan fingerprint density at radius 3 is 2.85 bits per heavy atom. The average Bonchev–Trinajstić information content (AvgIpc) is 3.11. The zero-order valence-corrected chi connectivity index (χ0v) is 14.9. The molecule has 0 spiro atoms. The second-order valence-corrected chi connectivity index (χ2v) is 7.47. The number of aryl methyl sites for hydroxylation is 1. The third-order valence-corrected chi connectivity index (χ3v) is 5.72. The summed E-state index contributed by atoms with van der Waals surface area (Å²) in [5, 5.41) is 3.89. The summed E-state index contributed by atoms with van der Waals surface area (Å²) in [6.07, 6.45) is 4.09. The number of carbonyl (C=O) groups is 1. The lowest BCUT2D eigenvalue weighted by atomic mass is 9.90. The summed E-state index contributed by atoms with van der Waals surface area (Å²) in [5.41, 5.74) is 2.87. The average molecular weight is 367 g/mol. The quantitative estimate of drug-likeness (QED) is 0.764. The van der Waals surface area contributed by atoms with Crippen molar-refractivity contribution < 1.29 is 9.18 Å². The Hall–Kier alpha value is -2.60. The minimum atomic E-state index is -0.270. The highest BCUT2D eigenvalue weighted by Crippen LogP contribution is 2.34. The first-order valence-corrected chi connectivity index (χ1v) is 9.43. The molecule has 26 heavy (non-hydrogen) atoms. The van der Waals surface area contributed by atoms with Crippen LogP contribution in [0.3, 0.4) is 0 Å². The maximum Gasteiger partial charge on any atom is 0.223 e. The lowest BCUT2D eigenvalue weighted by Gasteiger charge is -2.20. The monoisotopic (exact) mass is 367 g/mol. The molecule has 1 unspecified atom stereocenters. The summed E-state index contributed by atoms with van der Waals surface area (Å²) in [6, 6.07) is 12.0. The highest BCUT2D eigenvalue weighted by atomic mass is 32.1. The van der Waals surface area contributed by atoms with E-state index in [0.29, 0.717) is 6.54 Å². The Labute approximate surface area is 155 Å². The number of amides is 1. The summed E-state index contributed by atoms with van der Waals surface area (Å²) in [4.78, 5) is 22.8. The number of hydrogen-bond donors (Lipinski definition) is 1. The van der Waals surface area contributed by atoms with Gasteiger partial charge in [-0.25, -0.2) is 9.37 Å². The Bertz CT molecular complexity index is 909. The normalized spacial score (nSPS) is 16.1. The molecule has 0 aliphatic heterocycles. The van der Waals surface area contributed by atoms with Gasteiger partial charge in [-0.3, -0.25) is 9.78 Å². The molecular weight excluding hydrogens is 349 g/mol. The predicted molar refractivity (Wildman–Crippen MR) is 99.1 cm³/mol. The molecule has 1 amide bonds. The smallest absolute Gasteiger partial charge is 0.223 e. The van der Waals surface area contributed by atoms with Gasteiger partial charge in [0.2, 0.25) is 5.91 Å². The molecule has 0 saturated heterocycles. The van der Waals surface area contributed by atoms with Crippen LogP contribution in [0.4, 0.5) is 4.39 Å². The van der Waals surface area contributed by atoms with Crippen molar-refractivity contribution in [2.45, 2.75) is 25.8 Å². The standard InChI is InChI=1S/C20H18FN3OS/c21-15-7-4-13(5-8-15)12-23-19(25)14-6-9-16-18(11-14)26-20(24-16)17-3-1-2-10-22-17/h1-5,7-8,10,14H,6,9,11-12H2,(H,23,25). The maximum atomic E-state index is 12.9. The summed E-state index contributed by atoms with van der Waals surface area (Å²) >= 11 is 1.63. The number of nitrogens with one attached hydrogen (secondary N) is 1. The fourth-order valence-corrected chi connectivity index (χ4v) is 4.30. The number of aromatic nitrogens is 2. The van der Waals surface area contributed by atoms with E-state index in [9.17, 15) is 9.18 Å². The highest BCUT2D eigenvalue weighted by Gasteiger charge is 2.27. The molecule has 4 rings (SSSR count). The molecule has 2 heterocycles. The van der Waals surface area contributed by atoms with Crippen molar-refractivity contribution in [2.75, 3.05) is 0 Å². The molecule has 0 fully saturated rings. The Balaban J connectivity index is 1.40. The second-order valence-electron chi connectivity index (χ2n) is 6.39. The number of carbonyl (C=O) groups excluding carboxylic acids is 1. The number of fused-ring (bicyclic) bond motifs is 1. The highest BCUT2D eigenvalue weighted by molar-refractivity contribution is 7.15. The molecule has 2 aromatic heterocycles. The van der Waals surface area contributed by atoms with Crippen LogP contribution in [-0.4, -0.2) is 15.9 Å². The van der Waals surface area contributed by atoms with Crippen LogP contribution in [0.25, 0.3) is 10.7 Å². The van der Waals surface area contributed by atoms with Gasteiger partial charge in [-0.15, -0.1) is 11.3 Å². The van der Waals surface area contributed by atoms with Crippen LogP contribution >= 0.6 is 11.3 Å². The van der Waals surface area contributed by atoms with Crippen molar-refractivity contribution in [1.82, 2.24) is 15.3 Å². The second kappa shape index (κ2) is 7.33. The largest absolute Gasteiger partial charge is 0.352 e. The predicted octanol–water partition coefficient (Wildman–Crippen LogP) is 3.77. The van der Waals surface area contributed by atoms with Gasteiger partial charge in [0.05, 0.1) is 11.4 Å². The lowest BCUT2D eigenvalue weighted by Crippen LogP contribution is -2.33. The van der Waals surface area contributed by atoms with Crippen molar-refractivity contribution in [3.63, 3.8) is 0 Å². The van der Waals surface area contributed by atoms with Crippen molar-refractivity contribution in [2.24, 2.45) is 5.92 Å². The van der Waals surface area contributed by atoms with E-state index in [1.54, 1.807) is 29.7 Å². The number of halogens is 1. The zero-order chi connectivity index (χ0) is 17.9. The van der Waals surface area contributed by atoms with Crippen LogP contribution in [0, 0.1) is 11.7 Å². The third kappa shape index (κ3) is 3.65. The molecule has 0 radical (unpaired) electrons. The number of rotatable bonds is 4. The van der Waals surface area contributed by atoms with Crippen LogP contribution in [0.5, 0.6) is 0 Å². The van der Waals surface area contributed by atoms with Crippen LogP contribution < -0.4 is 5.32 Å². The van der Waals surface area contributed by atoms with Gasteiger partial charge in [0.1, 0.15) is 10.8 Å². The molecule has 0 bridgehead atoms. The van der Waals surface area contributed by atoms with Crippen LogP contribution in [0.2, 0.25) is 0 Å². The summed E-state index contributed by atoms with van der Waals surface area (Å²) < 4.78 is 12.9. The maximum absolute atomic E-state index is 12.9. The fourth-order valence-electron chi connectivity index (χ4n) is 3.13. The lowest BCUT2D eigenvalue weighted by molar-refractivity contribution is -0.125. The molecule has 3 aromatic rings. The third-order valence-electron chi connectivity index (χ3n) is 4.57. The molecule has 4 nitrogen and oxygen atoms in total. The summed E-state index contributed by atoms with van der Waals surface area (Å²) in [5.74, 6) is -0.262.